The predicted octanol–water partition coefficient (Wildman–Crippen LogP) is 10.6. The van der Waals surface area contributed by atoms with Crippen LogP contribution in [0.1, 0.15) is 59.2 Å². The van der Waals surface area contributed by atoms with Crippen molar-refractivity contribution in [1.29, 1.82) is 0 Å². The molecule has 14 nitrogen and oxygen atoms in total. The SMILES string of the molecule is COc1cc(-c2cnc3cc(-c4cnn(CCCC(=O)O)c4)ccn23)cc(OC)c1C(=O)CCC(F)(F)F.COc1cc(-c2cnc3cc(Br)ccn23)cc(OC)c1C(=O)CCC(F)(F)F. The Hall–Kier alpha value is -6.90. The Kier molecular flexibility index (Phi) is 15.1. The average Bonchev–Trinajstić information content (AvgIpc) is 4.04. The predicted molar refractivity (Wildman–Crippen MR) is 232 cm³/mol. The van der Waals surface area contributed by atoms with E-state index in [0.717, 1.165) is 15.6 Å². The van der Waals surface area contributed by atoms with Gasteiger partial charge in [0.15, 0.2) is 11.6 Å². The molecular formula is C45H41BrF6N6O8. The molecule has 7 rings (SSSR count). The van der Waals surface area contributed by atoms with Gasteiger partial charge >= 0.3 is 18.3 Å². The zero-order valence-corrected chi connectivity index (χ0v) is 37.3. The van der Waals surface area contributed by atoms with Crippen molar-refractivity contribution in [2.75, 3.05) is 28.4 Å². The fourth-order valence-electron chi connectivity index (χ4n) is 7.00. The van der Waals surface area contributed by atoms with Crippen molar-refractivity contribution >= 4 is 44.8 Å². The van der Waals surface area contributed by atoms with Gasteiger partial charge in [-0.15, -0.1) is 0 Å². The third-order valence-electron chi connectivity index (χ3n) is 10.2. The molecule has 0 spiro atoms. The molecule has 0 bridgehead atoms. The van der Waals surface area contributed by atoms with Crippen molar-refractivity contribution in [2.24, 2.45) is 0 Å². The van der Waals surface area contributed by atoms with Gasteiger partial charge in [-0.25, -0.2) is 9.97 Å². The van der Waals surface area contributed by atoms with E-state index in [-0.39, 0.29) is 40.5 Å². The number of aliphatic carboxylic acids is 1. The van der Waals surface area contributed by atoms with Gasteiger partial charge in [-0.3, -0.25) is 27.9 Å². The molecule has 66 heavy (non-hydrogen) atoms. The molecule has 5 heterocycles. The number of imidazole rings is 2. The molecule has 0 aliphatic carbocycles. The summed E-state index contributed by atoms with van der Waals surface area (Å²) in [4.78, 5) is 44.6. The lowest BCUT2D eigenvalue weighted by molar-refractivity contribution is -0.137. The second kappa shape index (κ2) is 20.5. The van der Waals surface area contributed by atoms with E-state index in [1.165, 1.54) is 28.4 Å². The molecule has 0 unspecified atom stereocenters. The van der Waals surface area contributed by atoms with Crippen molar-refractivity contribution in [3.8, 4) is 56.6 Å². The highest BCUT2D eigenvalue weighted by atomic mass is 79.9. The van der Waals surface area contributed by atoms with E-state index in [1.807, 2.05) is 51.7 Å². The van der Waals surface area contributed by atoms with Crippen LogP contribution in [0.15, 0.2) is 90.2 Å². The number of carbonyl (C=O) groups is 3. The first-order chi connectivity index (χ1) is 31.3. The summed E-state index contributed by atoms with van der Waals surface area (Å²) in [5.41, 5.74) is 5.60. The number of methoxy groups -OCH3 is 4. The first-order valence-corrected chi connectivity index (χ1v) is 20.7. The fourth-order valence-corrected chi connectivity index (χ4v) is 7.32. The molecule has 0 radical (unpaired) electrons. The Balaban J connectivity index is 0.000000229. The van der Waals surface area contributed by atoms with Crippen LogP contribution in [-0.2, 0) is 11.3 Å². The molecule has 5 aromatic heterocycles. The van der Waals surface area contributed by atoms with Gasteiger partial charge in [0.2, 0.25) is 0 Å². The number of carbonyl (C=O) groups excluding carboxylic acids is 2. The lowest BCUT2D eigenvalue weighted by atomic mass is 10.0. The fraction of sp³-hybridized carbons (Fsp3) is 0.289. The molecule has 2 aromatic carbocycles. The van der Waals surface area contributed by atoms with Crippen LogP contribution in [0.25, 0.3) is 44.9 Å². The van der Waals surface area contributed by atoms with Crippen LogP contribution in [-0.4, -0.2) is 92.0 Å². The Labute approximate surface area is 380 Å². The number of carboxylic acid groups (broad SMARTS) is 1. The van der Waals surface area contributed by atoms with Crippen molar-refractivity contribution in [2.45, 2.75) is 57.4 Å². The molecular weight excluding hydrogens is 946 g/mol. The maximum atomic E-state index is 12.7. The number of halogens is 7. The van der Waals surface area contributed by atoms with Gasteiger partial charge in [0.25, 0.3) is 0 Å². The zero-order valence-electron chi connectivity index (χ0n) is 35.7. The van der Waals surface area contributed by atoms with Crippen LogP contribution in [0, 0.1) is 0 Å². The van der Waals surface area contributed by atoms with E-state index < -0.39 is 55.6 Å². The van der Waals surface area contributed by atoms with Crippen LogP contribution >= 0.6 is 15.9 Å². The van der Waals surface area contributed by atoms with E-state index in [4.69, 9.17) is 24.1 Å². The number of alkyl halides is 6. The number of nitrogens with zero attached hydrogens (tertiary/aromatic N) is 6. The van der Waals surface area contributed by atoms with Gasteiger partial charge in [-0.1, -0.05) is 15.9 Å². The van der Waals surface area contributed by atoms with E-state index in [2.05, 4.69) is 31.0 Å². The normalized spacial score (nSPS) is 11.6. The number of benzene rings is 2. The summed E-state index contributed by atoms with van der Waals surface area (Å²) >= 11 is 3.39. The summed E-state index contributed by atoms with van der Waals surface area (Å²) in [6, 6.07) is 13.8. The number of fused-ring (bicyclic) bond motifs is 2. The maximum Gasteiger partial charge on any atom is 0.389 e. The Morgan fingerprint density at radius 1 is 0.621 bits per heavy atom. The highest BCUT2D eigenvalue weighted by molar-refractivity contribution is 9.10. The van der Waals surface area contributed by atoms with Gasteiger partial charge < -0.3 is 24.1 Å². The number of hydrogen-bond donors (Lipinski definition) is 1. The topological polar surface area (TPSA) is 161 Å². The monoisotopic (exact) mass is 986 g/mol. The van der Waals surface area contributed by atoms with E-state index in [9.17, 15) is 40.7 Å². The highest BCUT2D eigenvalue weighted by Crippen LogP contribution is 2.39. The van der Waals surface area contributed by atoms with Gasteiger partial charge in [-0.2, -0.15) is 31.4 Å². The number of Topliss-reactive ketones (excluding diaryl/α,β-unsaturated/α-hetero) is 2. The van der Waals surface area contributed by atoms with Crippen molar-refractivity contribution < 1.29 is 64.8 Å². The van der Waals surface area contributed by atoms with Gasteiger partial charge in [-0.05, 0) is 60.5 Å². The van der Waals surface area contributed by atoms with Crippen molar-refractivity contribution in [1.82, 2.24) is 28.5 Å². The number of hydrogen-bond acceptors (Lipinski definition) is 10. The lowest BCUT2D eigenvalue weighted by Gasteiger charge is -2.15. The van der Waals surface area contributed by atoms with Gasteiger partial charge in [0.05, 0.1) is 71.3 Å². The van der Waals surface area contributed by atoms with Crippen LogP contribution in [0.2, 0.25) is 0 Å². The summed E-state index contributed by atoms with van der Waals surface area (Å²) in [7, 11) is 5.37. The average molecular weight is 988 g/mol. The molecule has 0 aliphatic rings. The Morgan fingerprint density at radius 2 is 1.08 bits per heavy atom. The molecule has 0 saturated heterocycles. The summed E-state index contributed by atoms with van der Waals surface area (Å²) in [5.74, 6) is -1.77. The summed E-state index contributed by atoms with van der Waals surface area (Å²) < 4.78 is 103. The van der Waals surface area contributed by atoms with Gasteiger partial charge in [0, 0.05) is 65.6 Å². The lowest BCUT2D eigenvalue weighted by Crippen LogP contribution is -2.12. The van der Waals surface area contributed by atoms with E-state index in [1.54, 1.807) is 47.5 Å². The molecule has 0 fully saturated rings. The first kappa shape index (κ1) is 48.6. The zero-order chi connectivity index (χ0) is 47.9. The molecule has 0 saturated carbocycles. The van der Waals surface area contributed by atoms with E-state index >= 15 is 0 Å². The summed E-state index contributed by atoms with van der Waals surface area (Å²) in [6.07, 6.45) is -1.72. The second-order valence-corrected chi connectivity index (χ2v) is 15.5. The number of rotatable bonds is 17. The number of pyridine rings is 2. The quantitative estimate of drug-likeness (QED) is 0.0683. The van der Waals surface area contributed by atoms with Crippen molar-refractivity contribution in [3.63, 3.8) is 0 Å². The minimum Gasteiger partial charge on any atom is -0.496 e. The Morgan fingerprint density at radius 3 is 1.52 bits per heavy atom. The van der Waals surface area contributed by atoms with E-state index in [0.29, 0.717) is 46.8 Å². The molecule has 0 atom stereocenters. The summed E-state index contributed by atoms with van der Waals surface area (Å²) in [6.45, 7) is 0.487. The summed E-state index contributed by atoms with van der Waals surface area (Å²) in [5, 5.41) is 13.1. The van der Waals surface area contributed by atoms with Crippen LogP contribution in [0.5, 0.6) is 23.0 Å². The van der Waals surface area contributed by atoms with Crippen molar-refractivity contribution in [3.05, 3.63) is 101 Å². The largest absolute Gasteiger partial charge is 0.496 e. The van der Waals surface area contributed by atoms with Crippen LogP contribution in [0.3, 0.4) is 0 Å². The highest BCUT2D eigenvalue weighted by Gasteiger charge is 2.32. The number of aryl methyl sites for hydroxylation is 1. The maximum absolute atomic E-state index is 12.7. The smallest absolute Gasteiger partial charge is 0.389 e. The number of carboxylic acids is 1. The molecule has 7 aromatic rings. The number of ketones is 2. The first-order valence-electron chi connectivity index (χ1n) is 19.9. The molecule has 21 heteroatoms. The molecule has 0 aliphatic heterocycles. The molecule has 348 valence electrons. The number of ether oxygens (including phenoxy) is 4. The molecule has 1 N–H and O–H groups in total. The standard InChI is InChI=1S/C26H25F3N4O5.C19H16BrF3N2O3/c1-37-21-10-17(11-22(38-2)25(21)20(34)5-7-26(27,28)29)19-14-30-23-12-16(6-9-33(19)23)18-13-31-32(15-18)8-3-4-24(35)36;1-27-15-7-11(13-10-24-17-9-12(20)4-6-25(13)17)8-16(28-2)18(15)14(26)3-5-19(21,22)23/h6,9-15H,3-5,7-8H2,1-2H3,(H,35,36);4,6-10H,3,5H2,1-2H3. The van der Waals surface area contributed by atoms with Crippen LogP contribution in [0.4, 0.5) is 26.3 Å². The molecule has 0 amide bonds. The minimum atomic E-state index is -4.45. The van der Waals surface area contributed by atoms with Crippen LogP contribution < -0.4 is 18.9 Å². The number of aromatic nitrogens is 6. The Bertz CT molecular complexity index is 2840. The minimum absolute atomic E-state index is 0.00503. The second-order valence-electron chi connectivity index (χ2n) is 14.6. The third-order valence-corrected chi connectivity index (χ3v) is 10.7. The third kappa shape index (κ3) is 11.7. The van der Waals surface area contributed by atoms with Gasteiger partial charge in [0.1, 0.15) is 45.4 Å².